The zero-order valence-electron chi connectivity index (χ0n) is 18.8. The molecule has 0 radical (unpaired) electrons. The molecular formula is C23H33F3N4O. The van der Waals surface area contributed by atoms with Crippen LogP contribution in [0.15, 0.2) is 40.1 Å². The molecule has 1 aliphatic heterocycles. The Morgan fingerprint density at radius 1 is 1.35 bits per heavy atom. The van der Waals surface area contributed by atoms with Gasteiger partial charge in [0.2, 0.25) is 0 Å². The van der Waals surface area contributed by atoms with Crippen LogP contribution in [0.2, 0.25) is 0 Å². The number of amides is 2. The smallest absolute Gasteiger partial charge is 0.317 e. The van der Waals surface area contributed by atoms with E-state index in [0.29, 0.717) is 6.54 Å². The van der Waals surface area contributed by atoms with Crippen molar-refractivity contribution in [3.05, 3.63) is 35.1 Å². The van der Waals surface area contributed by atoms with E-state index < -0.39 is 17.8 Å². The van der Waals surface area contributed by atoms with E-state index in [0.717, 1.165) is 56.6 Å². The number of hydrogen-bond donors (Lipinski definition) is 1. The van der Waals surface area contributed by atoms with Crippen molar-refractivity contribution in [2.24, 2.45) is 4.99 Å². The van der Waals surface area contributed by atoms with Crippen molar-refractivity contribution in [2.75, 3.05) is 33.2 Å². The Morgan fingerprint density at radius 2 is 2.00 bits per heavy atom. The number of hydrogen-bond acceptors (Lipinski definition) is 3. The number of nitrogens with zero attached hydrogens (tertiary/aromatic N) is 3. The van der Waals surface area contributed by atoms with E-state index in [1.165, 1.54) is 6.92 Å². The molecule has 0 saturated carbocycles. The maximum Gasteiger partial charge on any atom is 0.416 e. The Labute approximate surface area is 183 Å². The van der Waals surface area contributed by atoms with Gasteiger partial charge < -0.3 is 15.1 Å². The van der Waals surface area contributed by atoms with Crippen LogP contribution in [-0.2, 0) is 0 Å². The van der Waals surface area contributed by atoms with Gasteiger partial charge >= 0.3 is 12.2 Å². The summed E-state index contributed by atoms with van der Waals surface area (Å²) in [7, 11) is 1.65. The molecule has 1 aliphatic rings. The van der Waals surface area contributed by atoms with Crippen LogP contribution in [0.5, 0.6) is 0 Å². The number of carbonyl (C=O) groups excluding carboxylic acids is 1. The van der Waals surface area contributed by atoms with Crippen LogP contribution in [0.4, 0.5) is 18.0 Å². The summed E-state index contributed by atoms with van der Waals surface area (Å²) in [5, 5.41) is 2.50. The average molecular weight is 439 g/mol. The summed E-state index contributed by atoms with van der Waals surface area (Å²) in [6.45, 7) is 8.38. The van der Waals surface area contributed by atoms with Gasteiger partial charge in [-0.3, -0.25) is 4.99 Å². The van der Waals surface area contributed by atoms with Crippen LogP contribution in [0.3, 0.4) is 0 Å². The molecule has 0 aliphatic carbocycles. The first-order chi connectivity index (χ1) is 14.7. The lowest BCUT2D eigenvalue weighted by Crippen LogP contribution is -2.51. The van der Waals surface area contributed by atoms with Crippen LogP contribution in [0.25, 0.3) is 0 Å². The van der Waals surface area contributed by atoms with E-state index in [1.807, 2.05) is 13.0 Å². The second-order valence-electron chi connectivity index (χ2n) is 7.50. The van der Waals surface area contributed by atoms with E-state index >= 15 is 0 Å². The predicted octanol–water partition coefficient (Wildman–Crippen LogP) is 4.55. The first kappa shape index (κ1) is 26.5. The first-order valence-corrected chi connectivity index (χ1v) is 10.5. The largest absolute Gasteiger partial charge is 0.416 e. The Kier molecular flexibility index (Phi) is 11.1. The third-order valence-electron chi connectivity index (χ3n) is 5.06. The minimum absolute atomic E-state index is 0.0298. The molecule has 8 heteroatoms. The highest BCUT2D eigenvalue weighted by Gasteiger charge is 2.32. The Morgan fingerprint density at radius 3 is 2.48 bits per heavy atom. The summed E-state index contributed by atoms with van der Waals surface area (Å²) in [5.41, 5.74) is -0.219. The maximum absolute atomic E-state index is 13.1. The summed E-state index contributed by atoms with van der Waals surface area (Å²) in [4.78, 5) is 21.0. The topological polar surface area (TPSA) is 47.9 Å². The summed E-state index contributed by atoms with van der Waals surface area (Å²) >= 11 is 0. The van der Waals surface area contributed by atoms with E-state index in [9.17, 15) is 18.0 Å². The van der Waals surface area contributed by atoms with E-state index in [4.69, 9.17) is 6.42 Å². The molecule has 1 saturated heterocycles. The lowest BCUT2D eigenvalue weighted by molar-refractivity contribution is -0.0883. The van der Waals surface area contributed by atoms with Crippen molar-refractivity contribution in [3.63, 3.8) is 0 Å². The number of alkyl halides is 3. The van der Waals surface area contributed by atoms with Crippen molar-refractivity contribution >= 4 is 12.2 Å². The Hall–Kier alpha value is -2.53. The molecule has 31 heavy (non-hydrogen) atoms. The molecule has 0 aromatic carbocycles. The number of nitrogens with one attached hydrogen (secondary N) is 1. The van der Waals surface area contributed by atoms with Gasteiger partial charge in [-0.15, -0.1) is 6.42 Å². The molecule has 0 atom stereocenters. The first-order valence-electron chi connectivity index (χ1n) is 10.5. The van der Waals surface area contributed by atoms with Gasteiger partial charge in [0, 0.05) is 38.9 Å². The highest BCUT2D eigenvalue weighted by atomic mass is 19.4. The molecule has 172 valence electrons. The SMILES string of the molecule is C#C/C(=C\C(=C/C)C(F)(F)F)NC(=O)N(C/C(C)=C/C=NC)C1CCN(CCC)CC1. The molecule has 2 amide bonds. The number of urea groups is 1. The van der Waals surface area contributed by atoms with Crippen LogP contribution >= 0.6 is 0 Å². The molecule has 1 fully saturated rings. The van der Waals surface area contributed by atoms with Crippen molar-refractivity contribution in [1.82, 2.24) is 15.1 Å². The number of carbonyl (C=O) groups is 1. The zero-order valence-corrected chi connectivity index (χ0v) is 18.8. The number of allylic oxidation sites excluding steroid dienone is 5. The molecule has 1 rings (SSSR count). The van der Waals surface area contributed by atoms with Crippen LogP contribution < -0.4 is 5.32 Å². The van der Waals surface area contributed by atoms with Crippen LogP contribution in [0.1, 0.15) is 40.0 Å². The molecule has 0 aromatic heterocycles. The van der Waals surface area contributed by atoms with Crippen LogP contribution in [0, 0.1) is 12.3 Å². The molecule has 0 spiro atoms. The minimum atomic E-state index is -4.55. The second-order valence-corrected chi connectivity index (χ2v) is 7.50. The normalized spacial score (nSPS) is 17.7. The van der Waals surface area contributed by atoms with Crippen molar-refractivity contribution in [3.8, 4) is 12.3 Å². The number of likely N-dealkylation sites (tertiary alicyclic amines) is 1. The summed E-state index contributed by atoms with van der Waals surface area (Å²) < 4.78 is 39.2. The maximum atomic E-state index is 13.1. The third kappa shape index (κ3) is 9.01. The van der Waals surface area contributed by atoms with Crippen molar-refractivity contribution < 1.29 is 18.0 Å². The molecule has 0 aromatic rings. The van der Waals surface area contributed by atoms with Gasteiger partial charge in [0.1, 0.15) is 0 Å². The fourth-order valence-corrected chi connectivity index (χ4v) is 3.45. The fourth-order valence-electron chi connectivity index (χ4n) is 3.45. The minimum Gasteiger partial charge on any atom is -0.317 e. The lowest BCUT2D eigenvalue weighted by atomic mass is 10.0. The Bertz CT molecular complexity index is 752. The highest BCUT2D eigenvalue weighted by molar-refractivity contribution is 5.78. The standard InChI is InChI=1S/C23H33F3N4O/c1-6-13-29-14-10-21(11-15-29)30(17-18(4)9-12-27-5)22(31)28-20(8-3)16-19(7-2)23(24,25)26/h3,7,9,12,16,21H,6,10-11,13-15,17H2,1-2,4-5H3,(H,28,31)/b18-9+,19-7+,20-16+,27-12?. The third-order valence-corrected chi connectivity index (χ3v) is 5.06. The number of halogens is 3. The highest BCUT2D eigenvalue weighted by Crippen LogP contribution is 2.27. The Balaban J connectivity index is 3.06. The summed E-state index contributed by atoms with van der Waals surface area (Å²) in [6, 6.07) is -0.533. The van der Waals surface area contributed by atoms with E-state index in [1.54, 1.807) is 18.2 Å². The van der Waals surface area contributed by atoms with Gasteiger partial charge in [-0.1, -0.05) is 24.5 Å². The van der Waals surface area contributed by atoms with Gasteiger partial charge in [0.15, 0.2) is 0 Å². The predicted molar refractivity (Wildman–Crippen MR) is 120 cm³/mol. The molecule has 1 N–H and O–H groups in total. The van der Waals surface area contributed by atoms with Crippen LogP contribution in [-0.4, -0.2) is 67.5 Å². The number of aliphatic imine (C=N–C) groups is 1. The summed E-state index contributed by atoms with van der Waals surface area (Å²) in [6.07, 6.45) is 8.64. The van der Waals surface area contributed by atoms with Crippen molar-refractivity contribution in [1.29, 1.82) is 0 Å². The second kappa shape index (κ2) is 13.0. The van der Waals surface area contributed by atoms with Gasteiger partial charge in [-0.2, -0.15) is 13.2 Å². The van der Waals surface area contributed by atoms with Gasteiger partial charge in [-0.05, 0) is 51.8 Å². The fraction of sp³-hybridized carbons (Fsp3) is 0.565. The molecule has 0 bridgehead atoms. The molecular weight excluding hydrogens is 405 g/mol. The molecule has 1 heterocycles. The zero-order chi connectivity index (χ0) is 23.4. The van der Waals surface area contributed by atoms with E-state index in [2.05, 4.69) is 28.1 Å². The van der Waals surface area contributed by atoms with Gasteiger partial charge in [0.05, 0.1) is 11.3 Å². The van der Waals surface area contributed by atoms with Gasteiger partial charge in [-0.25, -0.2) is 4.79 Å². The van der Waals surface area contributed by atoms with E-state index in [-0.39, 0.29) is 11.7 Å². The van der Waals surface area contributed by atoms with Crippen molar-refractivity contribution in [2.45, 2.75) is 52.3 Å². The van der Waals surface area contributed by atoms with Gasteiger partial charge in [0.25, 0.3) is 0 Å². The lowest BCUT2D eigenvalue weighted by Gasteiger charge is -2.38. The number of terminal acetylenes is 1. The number of piperidine rings is 1. The monoisotopic (exact) mass is 438 g/mol. The molecule has 5 nitrogen and oxygen atoms in total. The average Bonchev–Trinajstić information content (AvgIpc) is 2.73. The molecule has 0 unspecified atom stereocenters. The number of rotatable bonds is 8. The summed E-state index contributed by atoms with van der Waals surface area (Å²) in [5.74, 6) is 2.16. The quantitative estimate of drug-likeness (QED) is 0.344.